The number of aryl methyl sites for hydroxylation is 1. The van der Waals surface area contributed by atoms with Gasteiger partial charge in [0, 0.05) is 41.6 Å². The molecule has 2 aromatic carbocycles. The van der Waals surface area contributed by atoms with Crippen LogP contribution in [0.3, 0.4) is 0 Å². The van der Waals surface area contributed by atoms with Crippen molar-refractivity contribution in [3.05, 3.63) is 75.9 Å². The van der Waals surface area contributed by atoms with E-state index in [2.05, 4.69) is 28.0 Å². The molecule has 2 heterocycles. The molecule has 0 unspecified atom stereocenters. The first-order chi connectivity index (χ1) is 14.0. The summed E-state index contributed by atoms with van der Waals surface area (Å²) in [6.07, 6.45) is 0.815. The third-order valence-electron chi connectivity index (χ3n) is 4.72. The summed E-state index contributed by atoms with van der Waals surface area (Å²) >= 11 is 0. The van der Waals surface area contributed by atoms with Crippen LogP contribution in [0.5, 0.6) is 0 Å². The van der Waals surface area contributed by atoms with E-state index >= 15 is 0 Å². The fraction of sp³-hybridized carbons (Fsp3) is 0.238. The zero-order valence-corrected chi connectivity index (χ0v) is 16.2. The number of benzene rings is 2. The highest BCUT2D eigenvalue weighted by Crippen LogP contribution is 2.28. The lowest BCUT2D eigenvalue weighted by atomic mass is 10.1. The molecule has 0 aliphatic rings. The second kappa shape index (κ2) is 7.84. The summed E-state index contributed by atoms with van der Waals surface area (Å²) in [7, 11) is 1.97. The Kier molecular flexibility index (Phi) is 5.09. The minimum atomic E-state index is -0.446. The molecule has 29 heavy (non-hydrogen) atoms. The quantitative estimate of drug-likeness (QED) is 0.335. The third kappa shape index (κ3) is 3.88. The lowest BCUT2D eigenvalue weighted by molar-refractivity contribution is -0.384. The molecule has 2 aromatic heterocycles. The average Bonchev–Trinajstić information content (AvgIpc) is 3.33. The summed E-state index contributed by atoms with van der Waals surface area (Å²) in [5.41, 5.74) is 2.58. The Morgan fingerprint density at radius 3 is 2.76 bits per heavy atom. The Morgan fingerprint density at radius 1 is 1.14 bits per heavy atom. The van der Waals surface area contributed by atoms with Crippen LogP contribution in [-0.2, 0) is 19.5 Å². The Bertz CT molecular complexity index is 1160. The van der Waals surface area contributed by atoms with Crippen molar-refractivity contribution in [3.8, 4) is 11.4 Å². The van der Waals surface area contributed by atoms with Crippen molar-refractivity contribution in [2.24, 2.45) is 0 Å². The van der Waals surface area contributed by atoms with Gasteiger partial charge in [0.2, 0.25) is 11.7 Å². The summed E-state index contributed by atoms with van der Waals surface area (Å²) < 4.78 is 11.3. The number of nitrogens with zero attached hydrogens (tertiary/aromatic N) is 4. The molecule has 8 nitrogen and oxygen atoms in total. The van der Waals surface area contributed by atoms with Crippen molar-refractivity contribution in [1.29, 1.82) is 0 Å². The van der Waals surface area contributed by atoms with Gasteiger partial charge in [-0.25, -0.2) is 0 Å². The minimum Gasteiger partial charge on any atom is -0.461 e. The molecule has 0 N–H and O–H groups in total. The lowest BCUT2D eigenvalue weighted by Gasteiger charge is -2.14. The maximum Gasteiger partial charge on any atom is 0.270 e. The minimum absolute atomic E-state index is 0.00935. The maximum absolute atomic E-state index is 11.0. The molecular formula is C21H20N4O4. The van der Waals surface area contributed by atoms with Crippen molar-refractivity contribution in [3.63, 3.8) is 0 Å². The van der Waals surface area contributed by atoms with Crippen molar-refractivity contribution >= 4 is 16.7 Å². The van der Waals surface area contributed by atoms with Gasteiger partial charge in [-0.2, -0.15) is 4.98 Å². The van der Waals surface area contributed by atoms with Crippen LogP contribution in [0.2, 0.25) is 0 Å². The number of rotatable bonds is 7. The van der Waals surface area contributed by atoms with Crippen LogP contribution in [0.15, 0.2) is 57.5 Å². The third-order valence-corrected chi connectivity index (χ3v) is 4.72. The van der Waals surface area contributed by atoms with Crippen molar-refractivity contribution in [1.82, 2.24) is 15.0 Å². The second-order valence-electron chi connectivity index (χ2n) is 6.84. The first-order valence-electron chi connectivity index (χ1n) is 9.30. The average molecular weight is 392 g/mol. The molecule has 148 valence electrons. The first-order valence-corrected chi connectivity index (χ1v) is 9.30. The Labute approximate surface area is 166 Å². The topological polar surface area (TPSA) is 98.4 Å². The molecule has 0 saturated heterocycles. The summed E-state index contributed by atoms with van der Waals surface area (Å²) in [6, 6.07) is 14.2. The van der Waals surface area contributed by atoms with Crippen LogP contribution in [0.4, 0.5) is 5.69 Å². The fourth-order valence-electron chi connectivity index (χ4n) is 3.36. The van der Waals surface area contributed by atoms with E-state index in [1.54, 1.807) is 12.1 Å². The SMILES string of the molecule is CCc1oc2ccccc2c1CN(C)Cc1nc(-c2cccc([N+](=O)[O-])c2)no1. The van der Waals surface area contributed by atoms with Gasteiger partial charge in [-0.3, -0.25) is 15.0 Å². The molecule has 0 spiro atoms. The number of para-hydroxylation sites is 1. The van der Waals surface area contributed by atoms with Gasteiger partial charge in [0.05, 0.1) is 11.5 Å². The van der Waals surface area contributed by atoms with E-state index in [1.807, 2.05) is 25.2 Å². The highest BCUT2D eigenvalue weighted by Gasteiger charge is 2.17. The van der Waals surface area contributed by atoms with Crippen molar-refractivity contribution < 1.29 is 13.9 Å². The first kappa shape index (κ1) is 18.8. The van der Waals surface area contributed by atoms with Crippen LogP contribution in [-0.4, -0.2) is 27.0 Å². The number of hydrogen-bond acceptors (Lipinski definition) is 7. The molecule has 0 saturated carbocycles. The standard InChI is InChI=1S/C21H20N4O4/c1-3-18-17(16-9-4-5-10-19(16)28-18)12-24(2)13-20-22-21(23-29-20)14-7-6-8-15(11-14)25(26)27/h4-11H,3,12-13H2,1-2H3. The predicted molar refractivity (Wildman–Crippen MR) is 107 cm³/mol. The van der Waals surface area contributed by atoms with E-state index in [4.69, 9.17) is 8.94 Å². The van der Waals surface area contributed by atoms with E-state index in [0.29, 0.717) is 30.4 Å². The Morgan fingerprint density at radius 2 is 1.97 bits per heavy atom. The summed E-state index contributed by atoms with van der Waals surface area (Å²) in [5.74, 6) is 1.75. The van der Waals surface area contributed by atoms with Crippen LogP contribution in [0.25, 0.3) is 22.4 Å². The molecule has 0 atom stereocenters. The van der Waals surface area contributed by atoms with Crippen LogP contribution < -0.4 is 0 Å². The maximum atomic E-state index is 11.0. The van der Waals surface area contributed by atoms with E-state index in [0.717, 1.165) is 28.7 Å². The molecule has 0 bridgehead atoms. The van der Waals surface area contributed by atoms with E-state index in [1.165, 1.54) is 12.1 Å². The van der Waals surface area contributed by atoms with Gasteiger partial charge < -0.3 is 8.94 Å². The Balaban J connectivity index is 1.51. The molecule has 4 aromatic rings. The lowest BCUT2D eigenvalue weighted by Crippen LogP contribution is -2.18. The zero-order valence-electron chi connectivity index (χ0n) is 16.2. The van der Waals surface area contributed by atoms with Gasteiger partial charge in [0.15, 0.2) is 0 Å². The molecule has 0 radical (unpaired) electrons. The number of fused-ring (bicyclic) bond motifs is 1. The molecule has 4 rings (SSSR count). The summed E-state index contributed by atoms with van der Waals surface area (Å²) in [5, 5.41) is 16.0. The monoisotopic (exact) mass is 392 g/mol. The molecular weight excluding hydrogens is 372 g/mol. The fourth-order valence-corrected chi connectivity index (χ4v) is 3.36. The summed E-state index contributed by atoms with van der Waals surface area (Å²) in [4.78, 5) is 17.0. The molecule has 0 aliphatic carbocycles. The van der Waals surface area contributed by atoms with Gasteiger partial charge in [-0.1, -0.05) is 42.4 Å². The number of nitro groups is 1. The zero-order chi connectivity index (χ0) is 20.4. The number of non-ortho nitro benzene ring substituents is 1. The number of aromatic nitrogens is 2. The van der Waals surface area contributed by atoms with Crippen LogP contribution in [0, 0.1) is 10.1 Å². The summed E-state index contributed by atoms with van der Waals surface area (Å²) in [6.45, 7) is 3.20. The van der Waals surface area contributed by atoms with E-state index < -0.39 is 4.92 Å². The molecule has 0 fully saturated rings. The van der Waals surface area contributed by atoms with E-state index in [-0.39, 0.29) is 5.69 Å². The highest BCUT2D eigenvalue weighted by atomic mass is 16.6. The number of hydrogen-bond donors (Lipinski definition) is 0. The van der Waals surface area contributed by atoms with Gasteiger partial charge in [0.1, 0.15) is 11.3 Å². The molecule has 8 heteroatoms. The smallest absolute Gasteiger partial charge is 0.270 e. The van der Waals surface area contributed by atoms with Crippen LogP contribution >= 0.6 is 0 Å². The van der Waals surface area contributed by atoms with Gasteiger partial charge in [-0.15, -0.1) is 0 Å². The van der Waals surface area contributed by atoms with E-state index in [9.17, 15) is 10.1 Å². The van der Waals surface area contributed by atoms with Gasteiger partial charge in [0.25, 0.3) is 5.69 Å². The van der Waals surface area contributed by atoms with Crippen molar-refractivity contribution in [2.45, 2.75) is 26.4 Å². The van der Waals surface area contributed by atoms with Gasteiger partial charge >= 0.3 is 0 Å². The normalized spacial score (nSPS) is 11.4. The number of nitro benzene ring substituents is 1. The molecule has 0 aliphatic heterocycles. The highest BCUT2D eigenvalue weighted by molar-refractivity contribution is 5.82. The second-order valence-corrected chi connectivity index (χ2v) is 6.84. The predicted octanol–water partition coefficient (Wildman–Crippen LogP) is 4.59. The van der Waals surface area contributed by atoms with Crippen molar-refractivity contribution in [2.75, 3.05) is 7.05 Å². The van der Waals surface area contributed by atoms with Gasteiger partial charge in [-0.05, 0) is 13.1 Å². The largest absolute Gasteiger partial charge is 0.461 e. The Hall–Kier alpha value is -3.52. The van der Waals surface area contributed by atoms with Crippen LogP contribution in [0.1, 0.15) is 24.1 Å². The number of furan rings is 1. The molecule has 0 amide bonds.